The van der Waals surface area contributed by atoms with Gasteiger partial charge in [0.05, 0.1) is 5.92 Å². The molecule has 0 spiro atoms. The number of benzene rings is 1. The van der Waals surface area contributed by atoms with Crippen molar-refractivity contribution >= 4 is 5.97 Å². The zero-order valence-corrected chi connectivity index (χ0v) is 11.4. The molecule has 0 amide bonds. The Bertz CT molecular complexity index is 451. The summed E-state index contributed by atoms with van der Waals surface area (Å²) in [7, 11) is 0. The third kappa shape index (κ3) is 3.99. The molecule has 0 saturated heterocycles. The van der Waals surface area contributed by atoms with E-state index < -0.39 is 23.5 Å². The topological polar surface area (TPSA) is 40.5 Å². The van der Waals surface area contributed by atoms with E-state index in [4.69, 9.17) is 5.11 Å². The molecule has 19 heavy (non-hydrogen) atoms. The van der Waals surface area contributed by atoms with Gasteiger partial charge in [0.25, 0.3) is 0 Å². The second-order valence-electron chi connectivity index (χ2n) is 4.67. The normalized spacial score (nSPS) is 14.4. The summed E-state index contributed by atoms with van der Waals surface area (Å²) in [6.07, 6.45) is 0. The fourth-order valence-electron chi connectivity index (χ4n) is 2.02. The largest absolute Gasteiger partial charge is 0.481 e. The predicted octanol–water partition coefficient (Wildman–Crippen LogP) is 3.07. The van der Waals surface area contributed by atoms with Crippen LogP contribution in [0, 0.1) is 17.6 Å². The van der Waals surface area contributed by atoms with E-state index in [0.29, 0.717) is 13.1 Å². The van der Waals surface area contributed by atoms with E-state index >= 15 is 0 Å². The predicted molar refractivity (Wildman–Crippen MR) is 68.8 cm³/mol. The first-order valence-corrected chi connectivity index (χ1v) is 6.28. The van der Waals surface area contributed by atoms with Crippen LogP contribution in [0.3, 0.4) is 0 Å². The number of hydrogen-bond acceptors (Lipinski definition) is 2. The van der Waals surface area contributed by atoms with Crippen LogP contribution in [0.1, 0.15) is 32.4 Å². The number of nitrogens with zero attached hydrogens (tertiary/aromatic N) is 1. The molecule has 0 saturated carbocycles. The minimum absolute atomic E-state index is 0.249. The van der Waals surface area contributed by atoms with Gasteiger partial charge in [0.1, 0.15) is 11.6 Å². The fraction of sp³-hybridized carbons (Fsp3) is 0.500. The molecule has 5 heteroatoms. The third-order valence-corrected chi connectivity index (χ3v) is 3.29. The molecule has 0 aliphatic heterocycles. The van der Waals surface area contributed by atoms with Crippen molar-refractivity contribution in [1.82, 2.24) is 4.90 Å². The highest BCUT2D eigenvalue weighted by atomic mass is 19.1. The summed E-state index contributed by atoms with van der Waals surface area (Å²) in [5.74, 6) is -2.43. The molecule has 0 heterocycles. The molecule has 1 aromatic rings. The van der Waals surface area contributed by atoms with Gasteiger partial charge in [-0.05, 0) is 31.7 Å². The maximum Gasteiger partial charge on any atom is 0.307 e. The van der Waals surface area contributed by atoms with Crippen LogP contribution in [0.15, 0.2) is 18.2 Å². The molecule has 0 aromatic heterocycles. The highest BCUT2D eigenvalue weighted by Gasteiger charge is 2.22. The zero-order valence-electron chi connectivity index (χ0n) is 11.4. The van der Waals surface area contributed by atoms with Crippen LogP contribution in [-0.4, -0.2) is 29.1 Å². The van der Waals surface area contributed by atoms with Gasteiger partial charge in [0.15, 0.2) is 0 Å². The lowest BCUT2D eigenvalue weighted by Crippen LogP contribution is -2.34. The molecule has 1 rings (SSSR count). The summed E-state index contributed by atoms with van der Waals surface area (Å²) in [5.41, 5.74) is 0.249. The lowest BCUT2D eigenvalue weighted by molar-refractivity contribution is -0.141. The van der Waals surface area contributed by atoms with E-state index in [0.717, 1.165) is 18.2 Å². The standard InChI is InChI=1S/C14H19F2NO2/c1-4-17(8-9(2)14(18)19)10(3)12-7-11(15)5-6-13(12)16/h5-7,9-10H,4,8H2,1-3H3,(H,18,19). The number of rotatable bonds is 6. The van der Waals surface area contributed by atoms with Gasteiger partial charge in [-0.15, -0.1) is 0 Å². The first-order valence-electron chi connectivity index (χ1n) is 6.28. The molecule has 2 unspecified atom stereocenters. The van der Waals surface area contributed by atoms with Crippen LogP contribution < -0.4 is 0 Å². The molecular weight excluding hydrogens is 252 g/mol. The first kappa shape index (κ1) is 15.6. The van der Waals surface area contributed by atoms with Gasteiger partial charge in [0.2, 0.25) is 0 Å². The van der Waals surface area contributed by atoms with Gasteiger partial charge in [-0.25, -0.2) is 8.78 Å². The lowest BCUT2D eigenvalue weighted by atomic mass is 10.0. The minimum atomic E-state index is -0.898. The second kappa shape index (κ2) is 6.61. The number of hydrogen-bond donors (Lipinski definition) is 1. The number of aliphatic carboxylic acids is 1. The molecule has 3 nitrogen and oxygen atoms in total. The molecule has 2 atom stereocenters. The highest BCUT2D eigenvalue weighted by Crippen LogP contribution is 2.24. The smallest absolute Gasteiger partial charge is 0.307 e. The van der Waals surface area contributed by atoms with Gasteiger partial charge in [-0.1, -0.05) is 13.8 Å². The Labute approximate surface area is 111 Å². The molecule has 0 aliphatic carbocycles. The Morgan fingerprint density at radius 1 is 1.37 bits per heavy atom. The fourth-order valence-corrected chi connectivity index (χ4v) is 2.02. The second-order valence-corrected chi connectivity index (χ2v) is 4.67. The van der Waals surface area contributed by atoms with Gasteiger partial charge in [-0.2, -0.15) is 0 Å². The molecule has 0 bridgehead atoms. The minimum Gasteiger partial charge on any atom is -0.481 e. The maximum absolute atomic E-state index is 13.7. The average Bonchev–Trinajstić information content (AvgIpc) is 2.37. The van der Waals surface area contributed by atoms with Crippen LogP contribution in [0.5, 0.6) is 0 Å². The molecule has 1 N–H and O–H groups in total. The van der Waals surface area contributed by atoms with E-state index in [1.54, 1.807) is 13.8 Å². The van der Waals surface area contributed by atoms with Gasteiger partial charge in [-0.3, -0.25) is 9.69 Å². The quantitative estimate of drug-likeness (QED) is 0.864. The highest BCUT2D eigenvalue weighted by molar-refractivity contribution is 5.69. The molecule has 0 radical (unpaired) electrons. The summed E-state index contributed by atoms with van der Waals surface area (Å²) in [6, 6.07) is 2.95. The molecule has 1 aromatic carbocycles. The van der Waals surface area contributed by atoms with Crippen LogP contribution in [0.2, 0.25) is 0 Å². The van der Waals surface area contributed by atoms with Crippen molar-refractivity contribution in [3.8, 4) is 0 Å². The third-order valence-electron chi connectivity index (χ3n) is 3.29. The van der Waals surface area contributed by atoms with Crippen molar-refractivity contribution in [2.75, 3.05) is 13.1 Å². The van der Waals surface area contributed by atoms with E-state index in [1.165, 1.54) is 0 Å². The Morgan fingerprint density at radius 3 is 2.53 bits per heavy atom. The number of carbonyl (C=O) groups is 1. The van der Waals surface area contributed by atoms with Crippen molar-refractivity contribution in [2.45, 2.75) is 26.8 Å². The number of halogens is 2. The lowest BCUT2D eigenvalue weighted by Gasteiger charge is -2.29. The van der Waals surface area contributed by atoms with Crippen LogP contribution in [-0.2, 0) is 4.79 Å². The van der Waals surface area contributed by atoms with Gasteiger partial charge >= 0.3 is 5.97 Å². The van der Waals surface area contributed by atoms with Crippen molar-refractivity contribution in [3.05, 3.63) is 35.4 Å². The molecule has 106 valence electrons. The van der Waals surface area contributed by atoms with E-state index in [9.17, 15) is 13.6 Å². The maximum atomic E-state index is 13.7. The summed E-state index contributed by atoms with van der Waals surface area (Å²) < 4.78 is 26.9. The van der Waals surface area contributed by atoms with Crippen LogP contribution in [0.4, 0.5) is 8.78 Å². The summed E-state index contributed by atoms with van der Waals surface area (Å²) in [6.45, 7) is 6.07. The van der Waals surface area contributed by atoms with E-state index in [2.05, 4.69) is 0 Å². The summed E-state index contributed by atoms with van der Waals surface area (Å²) in [4.78, 5) is 12.7. The monoisotopic (exact) mass is 271 g/mol. The van der Waals surface area contributed by atoms with Crippen molar-refractivity contribution in [2.24, 2.45) is 5.92 Å². The van der Waals surface area contributed by atoms with Gasteiger partial charge < -0.3 is 5.11 Å². The van der Waals surface area contributed by atoms with E-state index in [-0.39, 0.29) is 11.6 Å². The Balaban J connectivity index is 2.91. The SMILES string of the molecule is CCN(CC(C)C(=O)O)C(C)c1cc(F)ccc1F. The van der Waals surface area contributed by atoms with Crippen molar-refractivity contribution in [1.29, 1.82) is 0 Å². The van der Waals surface area contributed by atoms with E-state index in [1.807, 2.05) is 11.8 Å². The Kier molecular flexibility index (Phi) is 5.42. The Hall–Kier alpha value is -1.49. The van der Waals surface area contributed by atoms with Crippen LogP contribution >= 0.6 is 0 Å². The summed E-state index contributed by atoms with van der Waals surface area (Å²) in [5, 5.41) is 8.92. The zero-order chi connectivity index (χ0) is 14.6. The summed E-state index contributed by atoms with van der Waals surface area (Å²) >= 11 is 0. The van der Waals surface area contributed by atoms with Crippen molar-refractivity contribution < 1.29 is 18.7 Å². The number of carboxylic acid groups (broad SMARTS) is 1. The Morgan fingerprint density at radius 2 is 2.00 bits per heavy atom. The first-order chi connectivity index (χ1) is 8.86. The molecular formula is C14H19F2NO2. The average molecular weight is 271 g/mol. The molecule has 0 fully saturated rings. The molecule has 0 aliphatic rings. The van der Waals surface area contributed by atoms with Gasteiger partial charge in [0, 0.05) is 18.2 Å². The number of carboxylic acids is 1. The van der Waals surface area contributed by atoms with Crippen molar-refractivity contribution in [3.63, 3.8) is 0 Å². The van der Waals surface area contributed by atoms with Crippen LogP contribution in [0.25, 0.3) is 0 Å².